The van der Waals surface area contributed by atoms with Crippen LogP contribution in [-0.4, -0.2) is 30.6 Å². The Morgan fingerprint density at radius 3 is 2.55 bits per heavy atom. The standard InChI is InChI=1S/C14H21Cl2N3O/c1-9(2)13(17)6-7-19(3)14(20)18-10-4-5-11(15)12(16)8-10/h4-5,8-9,13H,6-7,17H2,1-3H3,(H,18,20). The molecule has 0 aromatic heterocycles. The lowest BCUT2D eigenvalue weighted by atomic mass is 10.0. The Kier molecular flexibility index (Phi) is 6.59. The molecule has 0 heterocycles. The van der Waals surface area contributed by atoms with E-state index in [1.54, 1.807) is 30.1 Å². The van der Waals surface area contributed by atoms with Crippen LogP contribution in [0.15, 0.2) is 18.2 Å². The number of carbonyl (C=O) groups is 1. The second-order valence-electron chi connectivity index (χ2n) is 5.18. The molecule has 0 saturated carbocycles. The van der Waals surface area contributed by atoms with Gasteiger partial charge in [-0.25, -0.2) is 4.79 Å². The fourth-order valence-corrected chi connectivity index (χ4v) is 1.87. The van der Waals surface area contributed by atoms with Gasteiger partial charge in [0.05, 0.1) is 10.0 Å². The monoisotopic (exact) mass is 317 g/mol. The molecule has 1 rings (SSSR count). The highest BCUT2D eigenvalue weighted by Crippen LogP contribution is 2.25. The van der Waals surface area contributed by atoms with Crippen LogP contribution in [0.5, 0.6) is 0 Å². The average Bonchev–Trinajstić information content (AvgIpc) is 2.39. The molecule has 1 aromatic carbocycles. The van der Waals surface area contributed by atoms with E-state index in [1.807, 2.05) is 0 Å². The number of amides is 2. The average molecular weight is 318 g/mol. The molecule has 1 unspecified atom stereocenters. The topological polar surface area (TPSA) is 58.4 Å². The summed E-state index contributed by atoms with van der Waals surface area (Å²) in [4.78, 5) is 13.6. The van der Waals surface area contributed by atoms with Crippen LogP contribution in [0.1, 0.15) is 20.3 Å². The molecular weight excluding hydrogens is 297 g/mol. The molecule has 0 aliphatic rings. The maximum absolute atomic E-state index is 12.0. The molecule has 0 aliphatic carbocycles. The zero-order valence-corrected chi connectivity index (χ0v) is 13.5. The van der Waals surface area contributed by atoms with Crippen molar-refractivity contribution in [2.45, 2.75) is 26.3 Å². The Morgan fingerprint density at radius 1 is 1.35 bits per heavy atom. The Labute approximate surface area is 130 Å². The van der Waals surface area contributed by atoms with E-state index in [0.29, 0.717) is 28.2 Å². The third-order valence-electron chi connectivity index (χ3n) is 3.17. The number of hydrogen-bond acceptors (Lipinski definition) is 2. The minimum absolute atomic E-state index is 0.0928. The van der Waals surface area contributed by atoms with Gasteiger partial charge in [-0.05, 0) is 30.5 Å². The first-order valence-corrected chi connectivity index (χ1v) is 7.29. The molecule has 112 valence electrons. The van der Waals surface area contributed by atoms with Gasteiger partial charge in [-0.3, -0.25) is 0 Å². The Morgan fingerprint density at radius 2 is 2.00 bits per heavy atom. The predicted molar refractivity (Wildman–Crippen MR) is 85.5 cm³/mol. The third-order valence-corrected chi connectivity index (χ3v) is 3.91. The van der Waals surface area contributed by atoms with Crippen molar-refractivity contribution in [3.05, 3.63) is 28.2 Å². The summed E-state index contributed by atoms with van der Waals surface area (Å²) in [5, 5.41) is 3.64. The van der Waals surface area contributed by atoms with E-state index in [1.165, 1.54) is 0 Å². The number of halogens is 2. The maximum atomic E-state index is 12.0. The quantitative estimate of drug-likeness (QED) is 0.867. The van der Waals surface area contributed by atoms with Crippen molar-refractivity contribution >= 4 is 34.9 Å². The molecule has 4 nitrogen and oxygen atoms in total. The number of hydrogen-bond donors (Lipinski definition) is 2. The summed E-state index contributed by atoms with van der Waals surface area (Å²) in [6.07, 6.45) is 0.767. The Balaban J connectivity index is 2.51. The molecule has 20 heavy (non-hydrogen) atoms. The summed E-state index contributed by atoms with van der Waals surface area (Å²) in [6.45, 7) is 4.74. The van der Waals surface area contributed by atoms with E-state index in [2.05, 4.69) is 19.2 Å². The van der Waals surface area contributed by atoms with Gasteiger partial charge in [-0.1, -0.05) is 37.0 Å². The summed E-state index contributed by atoms with van der Waals surface area (Å²) < 4.78 is 0. The molecule has 1 aromatic rings. The summed E-state index contributed by atoms with van der Waals surface area (Å²) in [7, 11) is 1.74. The van der Waals surface area contributed by atoms with Crippen LogP contribution in [0.25, 0.3) is 0 Å². The van der Waals surface area contributed by atoms with Gasteiger partial charge < -0.3 is 16.0 Å². The number of nitrogens with two attached hydrogens (primary N) is 1. The minimum Gasteiger partial charge on any atom is -0.328 e. The van der Waals surface area contributed by atoms with Gasteiger partial charge in [0.2, 0.25) is 0 Å². The normalized spacial score (nSPS) is 12.3. The van der Waals surface area contributed by atoms with Gasteiger partial charge in [0.25, 0.3) is 0 Å². The zero-order valence-electron chi connectivity index (χ0n) is 12.0. The summed E-state index contributed by atoms with van der Waals surface area (Å²) >= 11 is 11.7. The second-order valence-corrected chi connectivity index (χ2v) is 5.99. The van der Waals surface area contributed by atoms with Crippen LogP contribution in [0.3, 0.4) is 0 Å². The van der Waals surface area contributed by atoms with Crippen molar-refractivity contribution in [1.82, 2.24) is 4.90 Å². The van der Waals surface area contributed by atoms with Gasteiger partial charge in [-0.15, -0.1) is 0 Å². The number of carbonyl (C=O) groups excluding carboxylic acids is 1. The molecule has 0 spiro atoms. The van der Waals surface area contributed by atoms with E-state index >= 15 is 0 Å². The molecule has 0 saturated heterocycles. The molecule has 0 bridgehead atoms. The fraction of sp³-hybridized carbons (Fsp3) is 0.500. The highest BCUT2D eigenvalue weighted by molar-refractivity contribution is 6.42. The molecule has 0 fully saturated rings. The summed E-state index contributed by atoms with van der Waals surface area (Å²) in [6, 6.07) is 4.87. The van der Waals surface area contributed by atoms with E-state index in [0.717, 1.165) is 6.42 Å². The van der Waals surface area contributed by atoms with Crippen molar-refractivity contribution in [2.75, 3.05) is 18.9 Å². The number of urea groups is 1. The van der Waals surface area contributed by atoms with E-state index < -0.39 is 0 Å². The molecule has 2 amide bonds. The molecular formula is C14H21Cl2N3O. The lowest BCUT2D eigenvalue weighted by Gasteiger charge is -2.22. The summed E-state index contributed by atoms with van der Waals surface area (Å²) in [5.41, 5.74) is 6.58. The number of benzene rings is 1. The van der Waals surface area contributed by atoms with Crippen LogP contribution in [0.4, 0.5) is 10.5 Å². The van der Waals surface area contributed by atoms with Crippen LogP contribution >= 0.6 is 23.2 Å². The van der Waals surface area contributed by atoms with Gasteiger partial charge in [0, 0.05) is 25.3 Å². The molecule has 3 N–H and O–H groups in total. The Hall–Kier alpha value is -0.970. The van der Waals surface area contributed by atoms with E-state index in [9.17, 15) is 4.79 Å². The molecule has 0 radical (unpaired) electrons. The Bertz CT molecular complexity index is 466. The first-order chi connectivity index (χ1) is 9.31. The van der Waals surface area contributed by atoms with E-state index in [4.69, 9.17) is 28.9 Å². The van der Waals surface area contributed by atoms with Crippen molar-refractivity contribution in [2.24, 2.45) is 11.7 Å². The maximum Gasteiger partial charge on any atom is 0.321 e. The van der Waals surface area contributed by atoms with Crippen LogP contribution < -0.4 is 11.1 Å². The van der Waals surface area contributed by atoms with Gasteiger partial charge >= 0.3 is 6.03 Å². The van der Waals surface area contributed by atoms with Crippen molar-refractivity contribution in [3.8, 4) is 0 Å². The van der Waals surface area contributed by atoms with E-state index in [-0.39, 0.29) is 12.1 Å². The first-order valence-electron chi connectivity index (χ1n) is 6.54. The lowest BCUT2D eigenvalue weighted by Crippen LogP contribution is -2.36. The predicted octanol–water partition coefficient (Wildman–Crippen LogP) is 3.83. The molecule has 1 atom stereocenters. The van der Waals surface area contributed by atoms with Crippen molar-refractivity contribution in [1.29, 1.82) is 0 Å². The lowest BCUT2D eigenvalue weighted by molar-refractivity contribution is 0.219. The summed E-state index contributed by atoms with van der Waals surface area (Å²) in [5.74, 6) is 0.404. The zero-order chi connectivity index (χ0) is 15.3. The third kappa shape index (κ3) is 5.19. The van der Waals surface area contributed by atoms with Crippen LogP contribution in [0, 0.1) is 5.92 Å². The molecule has 6 heteroatoms. The fourth-order valence-electron chi connectivity index (χ4n) is 1.57. The van der Waals surface area contributed by atoms with Crippen LogP contribution in [0.2, 0.25) is 10.0 Å². The highest BCUT2D eigenvalue weighted by Gasteiger charge is 2.13. The van der Waals surface area contributed by atoms with Crippen molar-refractivity contribution in [3.63, 3.8) is 0 Å². The largest absolute Gasteiger partial charge is 0.328 e. The smallest absolute Gasteiger partial charge is 0.321 e. The van der Waals surface area contributed by atoms with Gasteiger partial charge in [0.15, 0.2) is 0 Å². The minimum atomic E-state index is -0.195. The van der Waals surface area contributed by atoms with Gasteiger partial charge in [-0.2, -0.15) is 0 Å². The number of rotatable bonds is 5. The second kappa shape index (κ2) is 7.72. The first kappa shape index (κ1) is 17.1. The SMILES string of the molecule is CC(C)C(N)CCN(C)C(=O)Nc1ccc(Cl)c(Cl)c1. The molecule has 0 aliphatic heterocycles. The number of nitrogens with zero attached hydrogens (tertiary/aromatic N) is 1. The number of anilines is 1. The van der Waals surface area contributed by atoms with Gasteiger partial charge in [0.1, 0.15) is 0 Å². The van der Waals surface area contributed by atoms with Crippen molar-refractivity contribution < 1.29 is 4.79 Å². The highest BCUT2D eigenvalue weighted by atomic mass is 35.5. The number of nitrogens with one attached hydrogen (secondary N) is 1. The van der Waals surface area contributed by atoms with Crippen LogP contribution in [-0.2, 0) is 0 Å².